The van der Waals surface area contributed by atoms with Crippen molar-refractivity contribution in [2.24, 2.45) is 5.92 Å². The molecular formula is C14H18O4. The lowest BCUT2D eigenvalue weighted by molar-refractivity contribution is -0.158. The molecule has 0 spiro atoms. The predicted molar refractivity (Wildman–Crippen MR) is 67.1 cm³/mol. The van der Waals surface area contributed by atoms with Crippen LogP contribution in [-0.4, -0.2) is 26.2 Å². The smallest absolute Gasteiger partial charge is 0.320 e. The lowest BCUT2D eigenvalue weighted by Crippen LogP contribution is -2.29. The summed E-state index contributed by atoms with van der Waals surface area (Å²) in [7, 11) is 2.53. The van der Waals surface area contributed by atoms with Crippen molar-refractivity contribution in [2.45, 2.75) is 20.3 Å². The molecule has 0 aliphatic carbocycles. The summed E-state index contributed by atoms with van der Waals surface area (Å²) >= 11 is 0. The van der Waals surface area contributed by atoms with E-state index in [-0.39, 0.29) is 0 Å². The third kappa shape index (κ3) is 3.09. The molecule has 18 heavy (non-hydrogen) atoms. The Morgan fingerprint density at radius 2 is 1.50 bits per heavy atom. The van der Waals surface area contributed by atoms with Crippen LogP contribution in [0, 0.1) is 19.8 Å². The fourth-order valence-electron chi connectivity index (χ4n) is 1.92. The Bertz CT molecular complexity index is 415. The Hall–Kier alpha value is -1.84. The first-order chi connectivity index (χ1) is 8.51. The van der Waals surface area contributed by atoms with E-state index < -0.39 is 17.9 Å². The van der Waals surface area contributed by atoms with Crippen molar-refractivity contribution >= 4 is 11.9 Å². The number of rotatable bonds is 4. The maximum atomic E-state index is 11.6. The van der Waals surface area contributed by atoms with Gasteiger partial charge in [0.05, 0.1) is 14.2 Å². The van der Waals surface area contributed by atoms with Gasteiger partial charge in [-0.05, 0) is 37.0 Å². The van der Waals surface area contributed by atoms with E-state index in [2.05, 4.69) is 9.47 Å². The van der Waals surface area contributed by atoms with Crippen LogP contribution in [0.25, 0.3) is 0 Å². The number of methoxy groups -OCH3 is 2. The van der Waals surface area contributed by atoms with E-state index >= 15 is 0 Å². The number of hydrogen-bond acceptors (Lipinski definition) is 4. The minimum absolute atomic E-state index is 0.303. The second-order valence-electron chi connectivity index (χ2n) is 4.17. The maximum absolute atomic E-state index is 11.6. The van der Waals surface area contributed by atoms with Gasteiger partial charge >= 0.3 is 11.9 Å². The summed E-state index contributed by atoms with van der Waals surface area (Å²) in [6.07, 6.45) is 0.303. The van der Waals surface area contributed by atoms with Crippen LogP contribution in [0.15, 0.2) is 18.2 Å². The minimum atomic E-state index is -0.903. The average molecular weight is 250 g/mol. The number of esters is 2. The number of benzene rings is 1. The van der Waals surface area contributed by atoms with E-state index in [1.807, 2.05) is 32.0 Å². The Morgan fingerprint density at radius 1 is 1.06 bits per heavy atom. The highest BCUT2D eigenvalue weighted by atomic mass is 16.5. The van der Waals surface area contributed by atoms with Crippen molar-refractivity contribution in [3.8, 4) is 0 Å². The summed E-state index contributed by atoms with van der Waals surface area (Å²) in [5, 5.41) is 0. The number of carbonyl (C=O) groups is 2. The largest absolute Gasteiger partial charge is 0.468 e. The van der Waals surface area contributed by atoms with Crippen LogP contribution in [0.4, 0.5) is 0 Å². The van der Waals surface area contributed by atoms with E-state index in [1.165, 1.54) is 14.2 Å². The van der Waals surface area contributed by atoms with Crippen LogP contribution >= 0.6 is 0 Å². The predicted octanol–water partition coefficient (Wildman–Crippen LogP) is 1.81. The highest BCUT2D eigenvalue weighted by Gasteiger charge is 2.29. The van der Waals surface area contributed by atoms with Gasteiger partial charge in [-0.3, -0.25) is 9.59 Å². The Labute approximate surface area is 107 Å². The van der Waals surface area contributed by atoms with Gasteiger partial charge in [0.1, 0.15) is 0 Å². The molecule has 1 aromatic carbocycles. The summed E-state index contributed by atoms with van der Waals surface area (Å²) in [6, 6.07) is 5.85. The zero-order valence-electron chi connectivity index (χ0n) is 11.1. The van der Waals surface area contributed by atoms with E-state index in [9.17, 15) is 9.59 Å². The normalized spacial score (nSPS) is 10.3. The van der Waals surface area contributed by atoms with Crippen LogP contribution in [0.5, 0.6) is 0 Å². The zero-order chi connectivity index (χ0) is 13.7. The van der Waals surface area contributed by atoms with Gasteiger partial charge in [0, 0.05) is 0 Å². The standard InChI is InChI=1S/C14H18O4/c1-9-6-5-7-10(2)11(9)8-12(13(15)17-3)14(16)18-4/h5-7,12H,8H2,1-4H3. The van der Waals surface area contributed by atoms with E-state index in [0.717, 1.165) is 16.7 Å². The second-order valence-corrected chi connectivity index (χ2v) is 4.17. The molecule has 0 unspecified atom stereocenters. The molecule has 1 rings (SSSR count). The number of hydrogen-bond donors (Lipinski definition) is 0. The summed E-state index contributed by atoms with van der Waals surface area (Å²) in [4.78, 5) is 23.2. The summed E-state index contributed by atoms with van der Waals surface area (Å²) in [5.41, 5.74) is 3.08. The molecule has 0 saturated carbocycles. The minimum Gasteiger partial charge on any atom is -0.468 e. The van der Waals surface area contributed by atoms with Gasteiger partial charge in [0.15, 0.2) is 5.92 Å². The third-order valence-corrected chi connectivity index (χ3v) is 3.02. The topological polar surface area (TPSA) is 52.6 Å². The molecule has 0 aromatic heterocycles. The first kappa shape index (κ1) is 14.2. The third-order valence-electron chi connectivity index (χ3n) is 3.02. The monoisotopic (exact) mass is 250 g/mol. The first-order valence-corrected chi connectivity index (χ1v) is 5.72. The molecule has 0 saturated heterocycles. The number of carbonyl (C=O) groups excluding carboxylic acids is 2. The summed E-state index contributed by atoms with van der Waals surface area (Å²) in [5.74, 6) is -2.03. The molecule has 0 N–H and O–H groups in total. The van der Waals surface area contributed by atoms with Crippen molar-refractivity contribution in [3.63, 3.8) is 0 Å². The zero-order valence-corrected chi connectivity index (χ0v) is 11.1. The van der Waals surface area contributed by atoms with Crippen LogP contribution in [0.1, 0.15) is 16.7 Å². The Kier molecular flexibility index (Phi) is 4.89. The van der Waals surface area contributed by atoms with Crippen LogP contribution < -0.4 is 0 Å². The number of aryl methyl sites for hydroxylation is 2. The second kappa shape index (κ2) is 6.19. The highest BCUT2D eigenvalue weighted by Crippen LogP contribution is 2.19. The van der Waals surface area contributed by atoms with Gasteiger partial charge in [-0.2, -0.15) is 0 Å². The van der Waals surface area contributed by atoms with Gasteiger partial charge in [-0.25, -0.2) is 0 Å². The molecule has 0 fully saturated rings. The maximum Gasteiger partial charge on any atom is 0.320 e. The summed E-state index contributed by atoms with van der Waals surface area (Å²) < 4.78 is 9.30. The van der Waals surface area contributed by atoms with E-state index in [4.69, 9.17) is 0 Å². The van der Waals surface area contributed by atoms with Gasteiger partial charge in [-0.1, -0.05) is 18.2 Å². The number of ether oxygens (including phenoxy) is 2. The molecule has 0 atom stereocenters. The first-order valence-electron chi connectivity index (χ1n) is 5.72. The lowest BCUT2D eigenvalue weighted by atomic mass is 9.92. The molecule has 98 valence electrons. The van der Waals surface area contributed by atoms with Gasteiger partial charge in [-0.15, -0.1) is 0 Å². The molecule has 0 aliphatic rings. The van der Waals surface area contributed by atoms with Crippen LogP contribution in [0.3, 0.4) is 0 Å². The SMILES string of the molecule is COC(=O)C(Cc1c(C)cccc1C)C(=O)OC. The van der Waals surface area contributed by atoms with Crippen molar-refractivity contribution in [1.82, 2.24) is 0 Å². The molecule has 4 nitrogen and oxygen atoms in total. The van der Waals surface area contributed by atoms with Crippen LogP contribution in [-0.2, 0) is 25.5 Å². The summed E-state index contributed by atoms with van der Waals surface area (Å²) in [6.45, 7) is 3.90. The average Bonchev–Trinajstić information content (AvgIpc) is 2.37. The molecular weight excluding hydrogens is 232 g/mol. The highest BCUT2D eigenvalue weighted by molar-refractivity contribution is 5.95. The lowest BCUT2D eigenvalue weighted by Gasteiger charge is -2.15. The molecule has 0 bridgehead atoms. The fraction of sp³-hybridized carbons (Fsp3) is 0.429. The van der Waals surface area contributed by atoms with Crippen molar-refractivity contribution < 1.29 is 19.1 Å². The Balaban J connectivity index is 3.03. The Morgan fingerprint density at radius 3 is 1.89 bits per heavy atom. The van der Waals surface area contributed by atoms with E-state index in [0.29, 0.717) is 6.42 Å². The van der Waals surface area contributed by atoms with Gasteiger partial charge in [0.2, 0.25) is 0 Å². The molecule has 4 heteroatoms. The van der Waals surface area contributed by atoms with Crippen molar-refractivity contribution in [2.75, 3.05) is 14.2 Å². The molecule has 1 aromatic rings. The van der Waals surface area contributed by atoms with E-state index in [1.54, 1.807) is 0 Å². The van der Waals surface area contributed by atoms with Gasteiger partial charge in [0.25, 0.3) is 0 Å². The quantitative estimate of drug-likeness (QED) is 0.604. The molecule has 0 amide bonds. The van der Waals surface area contributed by atoms with Crippen molar-refractivity contribution in [3.05, 3.63) is 34.9 Å². The van der Waals surface area contributed by atoms with Crippen LogP contribution in [0.2, 0.25) is 0 Å². The molecule has 0 aliphatic heterocycles. The van der Waals surface area contributed by atoms with Crippen molar-refractivity contribution in [1.29, 1.82) is 0 Å². The fourth-order valence-corrected chi connectivity index (χ4v) is 1.92. The molecule has 0 heterocycles. The molecule has 0 radical (unpaired) electrons. The van der Waals surface area contributed by atoms with Gasteiger partial charge < -0.3 is 9.47 Å².